The Labute approximate surface area is 168 Å². The van der Waals surface area contributed by atoms with Gasteiger partial charge < -0.3 is 19.3 Å². The highest BCUT2D eigenvalue weighted by Crippen LogP contribution is 2.41. The molecule has 1 N–H and O–H groups in total. The van der Waals surface area contributed by atoms with Crippen LogP contribution >= 0.6 is 0 Å². The molecule has 4 heteroatoms. The third-order valence-electron chi connectivity index (χ3n) is 5.94. The van der Waals surface area contributed by atoms with Gasteiger partial charge >= 0.3 is 0 Å². The number of hydrogen-bond acceptors (Lipinski definition) is 4. The number of aliphatic hydroxyl groups is 1. The van der Waals surface area contributed by atoms with Gasteiger partial charge in [-0.25, -0.2) is 0 Å². The van der Waals surface area contributed by atoms with Gasteiger partial charge in [-0.15, -0.1) is 0 Å². The summed E-state index contributed by atoms with van der Waals surface area (Å²) in [7, 11) is 0. The van der Waals surface area contributed by atoms with Gasteiger partial charge in [0.2, 0.25) is 0 Å². The molecule has 0 aliphatic carbocycles. The maximum atomic E-state index is 10.0. The molecule has 0 aliphatic heterocycles. The van der Waals surface area contributed by atoms with Crippen LogP contribution in [-0.4, -0.2) is 47.3 Å². The fraction of sp³-hybridized carbons (Fsp3) is 0.913. The monoisotopic (exact) mass is 386 g/mol. The van der Waals surface area contributed by atoms with Gasteiger partial charge in [0, 0.05) is 11.3 Å². The Kier molecular flexibility index (Phi) is 9.71. The quantitative estimate of drug-likeness (QED) is 0.457. The van der Waals surface area contributed by atoms with Crippen LogP contribution in [0.2, 0.25) is 0 Å². The SMILES string of the molecule is CC=CC(C)(OC(C)C(C)(C)C(C)(C)OCC(C)(C)O)C(C)COC(C)C. The first-order valence-electron chi connectivity index (χ1n) is 10.3. The summed E-state index contributed by atoms with van der Waals surface area (Å²) >= 11 is 0. The van der Waals surface area contributed by atoms with Crippen LogP contribution < -0.4 is 0 Å². The average molecular weight is 387 g/mol. The van der Waals surface area contributed by atoms with Gasteiger partial charge in [-0.1, -0.05) is 32.9 Å². The van der Waals surface area contributed by atoms with E-state index in [4.69, 9.17) is 14.2 Å². The molecule has 0 radical (unpaired) electrons. The molecular formula is C23H46O4. The molecule has 0 aromatic heterocycles. The first kappa shape index (κ1) is 26.6. The maximum Gasteiger partial charge on any atom is 0.0885 e. The highest BCUT2D eigenvalue weighted by atomic mass is 16.5. The minimum atomic E-state index is -0.862. The normalized spacial score (nSPS) is 18.7. The van der Waals surface area contributed by atoms with Crippen molar-refractivity contribution in [3.63, 3.8) is 0 Å². The van der Waals surface area contributed by atoms with E-state index in [9.17, 15) is 5.11 Å². The third kappa shape index (κ3) is 8.23. The van der Waals surface area contributed by atoms with Crippen molar-refractivity contribution in [2.75, 3.05) is 13.2 Å². The Bertz CT molecular complexity index is 459. The molecule has 0 bridgehead atoms. The second-order valence-corrected chi connectivity index (χ2v) is 10.1. The fourth-order valence-corrected chi connectivity index (χ4v) is 2.71. The number of allylic oxidation sites excluding steroid dienone is 1. The predicted octanol–water partition coefficient (Wildman–Crippen LogP) is 5.38. The second kappa shape index (κ2) is 9.87. The van der Waals surface area contributed by atoms with Crippen LogP contribution in [0.25, 0.3) is 0 Å². The molecular weight excluding hydrogens is 340 g/mol. The van der Waals surface area contributed by atoms with E-state index >= 15 is 0 Å². The molecule has 0 saturated carbocycles. The summed E-state index contributed by atoms with van der Waals surface area (Å²) in [6, 6.07) is 0. The molecule has 162 valence electrons. The zero-order valence-corrected chi connectivity index (χ0v) is 20.0. The molecule has 0 aromatic carbocycles. The van der Waals surface area contributed by atoms with Crippen LogP contribution in [-0.2, 0) is 14.2 Å². The minimum absolute atomic E-state index is 0.0722. The number of hydrogen-bond donors (Lipinski definition) is 1. The smallest absolute Gasteiger partial charge is 0.0885 e. The second-order valence-electron chi connectivity index (χ2n) is 10.1. The van der Waals surface area contributed by atoms with Crippen LogP contribution in [0.3, 0.4) is 0 Å². The Hall–Kier alpha value is -0.420. The summed E-state index contributed by atoms with van der Waals surface area (Å²) in [5.74, 6) is 0.203. The standard InChI is InChI=1S/C23H46O4/c1-13-14-23(12,18(4)15-25-17(2)3)27-19(5)21(8,9)22(10,11)26-16-20(6,7)24/h13-14,17-19,24H,15-16H2,1-12H3. The number of ether oxygens (including phenoxy) is 3. The van der Waals surface area contributed by atoms with Crippen LogP contribution in [0.5, 0.6) is 0 Å². The Morgan fingerprint density at radius 3 is 1.85 bits per heavy atom. The lowest BCUT2D eigenvalue weighted by Crippen LogP contribution is -2.53. The van der Waals surface area contributed by atoms with Crippen molar-refractivity contribution in [3.05, 3.63) is 12.2 Å². The zero-order valence-electron chi connectivity index (χ0n) is 20.0. The van der Waals surface area contributed by atoms with Crippen LogP contribution in [0.15, 0.2) is 12.2 Å². The Morgan fingerprint density at radius 2 is 1.44 bits per heavy atom. The van der Waals surface area contributed by atoms with E-state index in [2.05, 4.69) is 68.4 Å². The van der Waals surface area contributed by atoms with Crippen LogP contribution in [0, 0.1) is 11.3 Å². The van der Waals surface area contributed by atoms with Gasteiger partial charge in [0.1, 0.15) is 0 Å². The predicted molar refractivity (Wildman–Crippen MR) is 114 cm³/mol. The van der Waals surface area contributed by atoms with Crippen molar-refractivity contribution in [3.8, 4) is 0 Å². The lowest BCUT2D eigenvalue weighted by molar-refractivity contribution is -0.203. The van der Waals surface area contributed by atoms with E-state index in [1.165, 1.54) is 0 Å². The van der Waals surface area contributed by atoms with Gasteiger partial charge in [0.15, 0.2) is 0 Å². The molecule has 27 heavy (non-hydrogen) atoms. The van der Waals surface area contributed by atoms with E-state index in [1.807, 2.05) is 13.0 Å². The molecule has 3 atom stereocenters. The van der Waals surface area contributed by atoms with E-state index in [0.717, 1.165) is 0 Å². The molecule has 0 spiro atoms. The molecule has 0 aliphatic rings. The summed E-state index contributed by atoms with van der Waals surface area (Å²) < 4.78 is 18.6. The summed E-state index contributed by atoms with van der Waals surface area (Å²) in [5, 5.41) is 10.0. The summed E-state index contributed by atoms with van der Waals surface area (Å²) in [5.41, 5.74) is -2.05. The highest BCUT2D eigenvalue weighted by Gasteiger charge is 2.46. The van der Waals surface area contributed by atoms with Gasteiger partial charge in [-0.05, 0) is 62.3 Å². The first-order chi connectivity index (χ1) is 12.0. The first-order valence-corrected chi connectivity index (χ1v) is 10.3. The maximum absolute atomic E-state index is 10.0. The summed E-state index contributed by atoms with van der Waals surface area (Å²) in [4.78, 5) is 0. The molecule has 0 aromatic rings. The lowest BCUT2D eigenvalue weighted by atomic mass is 9.72. The van der Waals surface area contributed by atoms with Crippen molar-refractivity contribution in [1.82, 2.24) is 0 Å². The van der Waals surface area contributed by atoms with E-state index in [1.54, 1.807) is 13.8 Å². The Morgan fingerprint density at radius 1 is 0.926 bits per heavy atom. The third-order valence-corrected chi connectivity index (χ3v) is 5.94. The van der Waals surface area contributed by atoms with E-state index in [-0.39, 0.29) is 30.1 Å². The van der Waals surface area contributed by atoms with Gasteiger partial charge in [0.25, 0.3) is 0 Å². The molecule has 3 unspecified atom stereocenters. The van der Waals surface area contributed by atoms with Crippen molar-refractivity contribution in [2.45, 2.75) is 112 Å². The van der Waals surface area contributed by atoms with E-state index in [0.29, 0.717) is 6.61 Å². The largest absolute Gasteiger partial charge is 0.388 e. The topological polar surface area (TPSA) is 47.9 Å². The molecule has 0 rings (SSSR count). The Balaban J connectivity index is 5.36. The van der Waals surface area contributed by atoms with Crippen LogP contribution in [0.4, 0.5) is 0 Å². The fourth-order valence-electron chi connectivity index (χ4n) is 2.71. The molecule has 0 saturated heterocycles. The van der Waals surface area contributed by atoms with E-state index < -0.39 is 16.8 Å². The van der Waals surface area contributed by atoms with Gasteiger partial charge in [0.05, 0.1) is 42.2 Å². The van der Waals surface area contributed by atoms with Crippen molar-refractivity contribution >= 4 is 0 Å². The molecule has 0 fully saturated rings. The van der Waals surface area contributed by atoms with Crippen molar-refractivity contribution in [1.29, 1.82) is 0 Å². The van der Waals surface area contributed by atoms with Gasteiger partial charge in [-0.2, -0.15) is 0 Å². The summed E-state index contributed by atoms with van der Waals surface area (Å²) in [6.07, 6.45) is 4.29. The van der Waals surface area contributed by atoms with Crippen LogP contribution in [0.1, 0.15) is 83.1 Å². The lowest BCUT2D eigenvalue weighted by Gasteiger charge is -2.49. The molecule has 0 heterocycles. The molecule has 4 nitrogen and oxygen atoms in total. The average Bonchev–Trinajstić information content (AvgIpc) is 2.49. The highest BCUT2D eigenvalue weighted by molar-refractivity contribution is 5.03. The van der Waals surface area contributed by atoms with Gasteiger partial charge in [-0.3, -0.25) is 0 Å². The molecule has 0 amide bonds. The van der Waals surface area contributed by atoms with Crippen molar-refractivity contribution < 1.29 is 19.3 Å². The summed E-state index contributed by atoms with van der Waals surface area (Å²) in [6.45, 7) is 25.4. The number of rotatable bonds is 12. The minimum Gasteiger partial charge on any atom is -0.388 e. The zero-order chi connectivity index (χ0) is 21.7. The van der Waals surface area contributed by atoms with Crippen molar-refractivity contribution in [2.24, 2.45) is 11.3 Å².